The Morgan fingerprint density at radius 1 is 1.45 bits per heavy atom. The summed E-state index contributed by atoms with van der Waals surface area (Å²) in [6.07, 6.45) is 2.95. The van der Waals surface area contributed by atoms with Gasteiger partial charge in [0, 0.05) is 25.1 Å². The quantitative estimate of drug-likeness (QED) is 0.930. The van der Waals surface area contributed by atoms with Gasteiger partial charge < -0.3 is 9.84 Å². The summed E-state index contributed by atoms with van der Waals surface area (Å²) in [6, 6.07) is 10.4. The molecule has 22 heavy (non-hydrogen) atoms. The van der Waals surface area contributed by atoms with Gasteiger partial charge >= 0.3 is 0 Å². The summed E-state index contributed by atoms with van der Waals surface area (Å²) >= 11 is 0. The molecule has 1 aromatic rings. The first-order valence-electron chi connectivity index (χ1n) is 8.14. The molecule has 3 rings (SSSR count). The van der Waals surface area contributed by atoms with Gasteiger partial charge in [0.15, 0.2) is 0 Å². The first-order valence-corrected chi connectivity index (χ1v) is 8.14. The Labute approximate surface area is 132 Å². The summed E-state index contributed by atoms with van der Waals surface area (Å²) in [6.45, 7) is 5.03. The van der Waals surface area contributed by atoms with Gasteiger partial charge in [0.25, 0.3) is 0 Å². The Hall–Kier alpha value is -1.41. The number of nitriles is 1. The molecular weight excluding hydrogens is 276 g/mol. The first-order chi connectivity index (χ1) is 10.6. The predicted molar refractivity (Wildman–Crippen MR) is 84.1 cm³/mol. The van der Waals surface area contributed by atoms with Crippen LogP contribution in [0.2, 0.25) is 0 Å². The van der Waals surface area contributed by atoms with Crippen LogP contribution in [0.3, 0.4) is 0 Å². The van der Waals surface area contributed by atoms with Crippen LogP contribution < -0.4 is 0 Å². The molecule has 0 spiro atoms. The molecule has 2 aliphatic heterocycles. The molecule has 0 amide bonds. The van der Waals surface area contributed by atoms with Crippen molar-refractivity contribution in [2.75, 3.05) is 19.8 Å². The molecule has 0 aliphatic carbocycles. The van der Waals surface area contributed by atoms with Gasteiger partial charge in [0.1, 0.15) is 0 Å². The molecule has 1 aromatic carbocycles. The minimum Gasteiger partial charge on any atom is -0.390 e. The van der Waals surface area contributed by atoms with Crippen LogP contribution in [0.15, 0.2) is 24.3 Å². The lowest BCUT2D eigenvalue weighted by Gasteiger charge is -2.43. The van der Waals surface area contributed by atoms with E-state index in [0.29, 0.717) is 25.7 Å². The fourth-order valence-electron chi connectivity index (χ4n) is 3.87. The van der Waals surface area contributed by atoms with Crippen molar-refractivity contribution in [3.63, 3.8) is 0 Å². The second kappa shape index (κ2) is 6.37. The molecule has 2 heterocycles. The van der Waals surface area contributed by atoms with E-state index in [0.717, 1.165) is 37.1 Å². The highest BCUT2D eigenvalue weighted by molar-refractivity contribution is 5.37. The van der Waals surface area contributed by atoms with Gasteiger partial charge in [-0.2, -0.15) is 5.26 Å². The third-order valence-electron chi connectivity index (χ3n) is 5.24. The maximum Gasteiger partial charge on any atom is 0.0995 e. The summed E-state index contributed by atoms with van der Waals surface area (Å²) in [7, 11) is 0. The smallest absolute Gasteiger partial charge is 0.0995 e. The maximum absolute atomic E-state index is 10.7. The number of hydrogen-bond acceptors (Lipinski definition) is 4. The van der Waals surface area contributed by atoms with Crippen LogP contribution in [0.4, 0.5) is 0 Å². The van der Waals surface area contributed by atoms with Gasteiger partial charge in [-0.15, -0.1) is 0 Å². The molecule has 0 aromatic heterocycles. The number of rotatable bonds is 3. The molecule has 118 valence electrons. The molecule has 2 aliphatic rings. The SMILES string of the molecule is CC1(O)CCOCC1C1CCCN1Cc1ccccc1C#N. The molecule has 0 radical (unpaired) electrons. The molecule has 4 nitrogen and oxygen atoms in total. The Bertz CT molecular complexity index is 564. The molecular formula is C18H24N2O2. The van der Waals surface area contributed by atoms with Crippen molar-refractivity contribution in [3.05, 3.63) is 35.4 Å². The molecule has 0 bridgehead atoms. The lowest BCUT2D eigenvalue weighted by atomic mass is 9.79. The summed E-state index contributed by atoms with van der Waals surface area (Å²) in [5.74, 6) is 0.151. The van der Waals surface area contributed by atoms with Crippen LogP contribution in [0.5, 0.6) is 0 Å². The van der Waals surface area contributed by atoms with Crippen molar-refractivity contribution in [1.29, 1.82) is 5.26 Å². The van der Waals surface area contributed by atoms with Crippen LogP contribution >= 0.6 is 0 Å². The second-order valence-electron chi connectivity index (χ2n) is 6.74. The minimum atomic E-state index is -0.653. The summed E-state index contributed by atoms with van der Waals surface area (Å²) in [5, 5.41) is 20.0. The van der Waals surface area contributed by atoms with Gasteiger partial charge in [-0.3, -0.25) is 4.90 Å². The van der Waals surface area contributed by atoms with E-state index in [1.54, 1.807) is 0 Å². The van der Waals surface area contributed by atoms with Gasteiger partial charge in [-0.1, -0.05) is 18.2 Å². The van der Waals surface area contributed by atoms with Crippen LogP contribution in [-0.2, 0) is 11.3 Å². The zero-order chi connectivity index (χ0) is 15.6. The zero-order valence-corrected chi connectivity index (χ0v) is 13.2. The molecule has 4 heteroatoms. The minimum absolute atomic E-state index is 0.151. The van der Waals surface area contributed by atoms with Crippen molar-refractivity contribution < 1.29 is 9.84 Å². The van der Waals surface area contributed by atoms with Crippen LogP contribution in [-0.4, -0.2) is 41.4 Å². The molecule has 3 atom stereocenters. The van der Waals surface area contributed by atoms with E-state index in [9.17, 15) is 10.4 Å². The van der Waals surface area contributed by atoms with Crippen molar-refractivity contribution in [2.24, 2.45) is 5.92 Å². The van der Waals surface area contributed by atoms with Gasteiger partial charge in [-0.05, 0) is 44.4 Å². The van der Waals surface area contributed by atoms with Crippen LogP contribution in [0.1, 0.15) is 37.3 Å². The van der Waals surface area contributed by atoms with Crippen molar-refractivity contribution in [2.45, 2.75) is 44.4 Å². The third-order valence-corrected chi connectivity index (χ3v) is 5.24. The summed E-state index contributed by atoms with van der Waals surface area (Å²) < 4.78 is 5.63. The fraction of sp³-hybridized carbons (Fsp3) is 0.611. The second-order valence-corrected chi connectivity index (χ2v) is 6.74. The van der Waals surface area contributed by atoms with Gasteiger partial charge in [0.05, 0.1) is 23.8 Å². The standard InChI is InChI=1S/C18H24N2O2/c1-18(21)8-10-22-13-16(18)17-7-4-9-20(17)12-15-6-3-2-5-14(15)11-19/h2-3,5-6,16-17,21H,4,7-10,12-13H2,1H3. The fourth-order valence-corrected chi connectivity index (χ4v) is 3.87. The van der Waals surface area contributed by atoms with Crippen molar-refractivity contribution >= 4 is 0 Å². The van der Waals surface area contributed by atoms with E-state index in [2.05, 4.69) is 11.0 Å². The average Bonchev–Trinajstić information content (AvgIpc) is 2.95. The number of likely N-dealkylation sites (tertiary alicyclic amines) is 1. The molecule has 0 saturated carbocycles. The van der Waals surface area contributed by atoms with Crippen molar-refractivity contribution in [3.8, 4) is 6.07 Å². The first kappa shape index (κ1) is 15.5. The number of ether oxygens (including phenoxy) is 1. The van der Waals surface area contributed by atoms with E-state index in [1.165, 1.54) is 0 Å². The Balaban J connectivity index is 1.77. The highest BCUT2D eigenvalue weighted by atomic mass is 16.5. The monoisotopic (exact) mass is 300 g/mol. The number of aliphatic hydroxyl groups is 1. The highest BCUT2D eigenvalue weighted by Gasteiger charge is 2.44. The topological polar surface area (TPSA) is 56.5 Å². The number of nitrogens with zero attached hydrogens (tertiary/aromatic N) is 2. The van der Waals surface area contributed by atoms with E-state index in [-0.39, 0.29) is 5.92 Å². The number of hydrogen-bond donors (Lipinski definition) is 1. The van der Waals surface area contributed by atoms with Crippen LogP contribution in [0.25, 0.3) is 0 Å². The van der Waals surface area contributed by atoms with E-state index in [1.807, 2.05) is 31.2 Å². The maximum atomic E-state index is 10.7. The average molecular weight is 300 g/mol. The highest BCUT2D eigenvalue weighted by Crippen LogP contribution is 2.36. The lowest BCUT2D eigenvalue weighted by molar-refractivity contribution is -0.123. The third kappa shape index (κ3) is 3.03. The van der Waals surface area contributed by atoms with Gasteiger partial charge in [0.2, 0.25) is 0 Å². The number of benzene rings is 1. The largest absolute Gasteiger partial charge is 0.390 e. The Morgan fingerprint density at radius 2 is 2.27 bits per heavy atom. The normalized spacial score (nSPS) is 32.8. The lowest BCUT2D eigenvalue weighted by Crippen LogP contribution is -2.52. The Kier molecular flexibility index (Phi) is 4.49. The van der Waals surface area contributed by atoms with Crippen molar-refractivity contribution in [1.82, 2.24) is 4.90 Å². The Morgan fingerprint density at radius 3 is 3.05 bits per heavy atom. The van der Waals surface area contributed by atoms with E-state index < -0.39 is 5.60 Å². The molecule has 1 N–H and O–H groups in total. The van der Waals surface area contributed by atoms with Crippen LogP contribution in [0, 0.1) is 17.2 Å². The summed E-state index contributed by atoms with van der Waals surface area (Å²) in [4.78, 5) is 2.42. The molecule has 2 fully saturated rings. The van der Waals surface area contributed by atoms with E-state index >= 15 is 0 Å². The predicted octanol–water partition coefficient (Wildman–Crippen LogP) is 2.31. The zero-order valence-electron chi connectivity index (χ0n) is 13.2. The van der Waals surface area contributed by atoms with E-state index in [4.69, 9.17) is 4.74 Å². The summed E-state index contributed by atoms with van der Waals surface area (Å²) in [5.41, 5.74) is 1.17. The molecule has 2 saturated heterocycles. The van der Waals surface area contributed by atoms with Gasteiger partial charge in [-0.25, -0.2) is 0 Å². The molecule has 3 unspecified atom stereocenters.